The Morgan fingerprint density at radius 1 is 0.571 bits per heavy atom. The number of esters is 2. The van der Waals surface area contributed by atoms with Gasteiger partial charge in [0.15, 0.2) is 18.4 Å². The van der Waals surface area contributed by atoms with E-state index in [1.54, 1.807) is 50.2 Å². The number of anilines is 2. The van der Waals surface area contributed by atoms with Gasteiger partial charge in [-0.15, -0.1) is 0 Å². The first-order valence-corrected chi connectivity index (χ1v) is 33.5. The largest absolute Gasteiger partial charge is 0.871 e. The van der Waals surface area contributed by atoms with Crippen LogP contribution in [-0.2, 0) is 36.9 Å². The number of carbonyl (C=O) groups excluding carboxylic acids is 7. The van der Waals surface area contributed by atoms with Crippen molar-refractivity contribution in [3.8, 4) is 0 Å². The molecule has 4 aromatic carbocycles. The van der Waals surface area contributed by atoms with Crippen LogP contribution in [0.5, 0.6) is 0 Å². The first-order valence-electron chi connectivity index (χ1n) is 33.5. The fourth-order valence-electron chi connectivity index (χ4n) is 12.8. The monoisotopic (exact) mass is 1320 g/mol. The van der Waals surface area contributed by atoms with E-state index in [-0.39, 0.29) is 82.2 Å². The number of ketones is 1. The first kappa shape index (κ1) is 71.7. The van der Waals surface area contributed by atoms with Crippen molar-refractivity contribution in [3.05, 3.63) is 248 Å². The van der Waals surface area contributed by atoms with E-state index in [1.165, 1.54) is 0 Å². The molecule has 4 amide bonds. The Kier molecular flexibility index (Phi) is 23.7. The second kappa shape index (κ2) is 32.4. The molecule has 4 N–H and O–H groups in total. The smallest absolute Gasteiger partial charge is 0.333 e. The molecule has 1 saturated carbocycles. The number of Topliss-reactive ketones (excluding diaryl/α,β-unsaturated/α-hetero) is 1. The van der Waals surface area contributed by atoms with Gasteiger partial charge in [0.05, 0.1) is 6.54 Å². The van der Waals surface area contributed by atoms with Crippen LogP contribution in [0.1, 0.15) is 158 Å². The van der Waals surface area contributed by atoms with Crippen LogP contribution in [0.3, 0.4) is 0 Å². The highest BCUT2D eigenvalue weighted by Gasteiger charge is 2.33. The summed E-state index contributed by atoms with van der Waals surface area (Å²) in [5.41, 5.74) is 14.9. The molecular weight excluding hydrogens is 1230 g/mol. The zero-order chi connectivity index (χ0) is 70.5. The maximum absolute atomic E-state index is 13.8. The lowest BCUT2D eigenvalue weighted by molar-refractivity contribution is -0.451. The molecule has 4 aliphatic heterocycles. The van der Waals surface area contributed by atoms with Crippen molar-refractivity contribution in [1.82, 2.24) is 31.2 Å². The normalized spacial score (nSPS) is 17.1. The summed E-state index contributed by atoms with van der Waals surface area (Å²) in [5, 5.41) is 25.3. The quantitative estimate of drug-likeness (QED) is 0.0451. The number of ether oxygens (including phenoxy) is 2. The number of carbonyl (C=O) groups is 7. The number of rotatable bonds is 14. The lowest BCUT2D eigenvalue weighted by atomic mass is 9.80. The van der Waals surface area contributed by atoms with Crippen molar-refractivity contribution in [1.29, 1.82) is 0 Å². The molecule has 2 atom stereocenters. The summed E-state index contributed by atoms with van der Waals surface area (Å²) in [6.07, 6.45) is 11.6. The molecule has 7 aliphatic rings. The van der Waals surface area contributed by atoms with E-state index in [0.29, 0.717) is 73.1 Å². The zero-order valence-corrected chi connectivity index (χ0v) is 57.8. The summed E-state index contributed by atoms with van der Waals surface area (Å²) in [4.78, 5) is 100. The summed E-state index contributed by atoms with van der Waals surface area (Å²) in [6, 6.07) is 33.0. The maximum Gasteiger partial charge on any atom is 0.333 e. The number of hydrogen-bond donors (Lipinski definition) is 4. The predicted octanol–water partition coefficient (Wildman–Crippen LogP) is 11.9. The highest BCUT2D eigenvalue weighted by Crippen LogP contribution is 2.40. The van der Waals surface area contributed by atoms with Crippen LogP contribution in [0, 0.1) is 53.4 Å². The van der Waals surface area contributed by atoms with Crippen LogP contribution in [0.25, 0.3) is 5.57 Å². The van der Waals surface area contributed by atoms with Gasteiger partial charge >= 0.3 is 11.9 Å². The molecule has 0 radical (unpaired) electrons. The summed E-state index contributed by atoms with van der Waals surface area (Å²) >= 11 is 0. The Labute approximate surface area is 574 Å². The molecule has 18 nitrogen and oxygen atoms in total. The second-order valence-corrected chi connectivity index (χ2v) is 26.0. The highest BCUT2D eigenvalue weighted by atomic mass is 16.5. The first-order chi connectivity index (χ1) is 46.9. The summed E-state index contributed by atoms with van der Waals surface area (Å²) in [5.74, 6) is -2.13. The molecule has 0 spiro atoms. The standard InChI is InChI=1S/C50H56N2O6.C30H32N6O4/c1-13-41(57-49(55)29(3)4)27-51(45-33(9)23-31(7)24-34(45)10)39-19-15-37(16-20-39)43-47(53)44(48(43)54)38-17-21-40(22-18-38)52(28-42(14-2)58-50(56)30(5)6)46-35(11)25-32(8)26-36(46)12;37-27-23-3-1-4-24(35-23)28(38)32-16-20-9-13-22(14-10-20)18-34-30(40)26-6-2-5-25(36-26)29(39)33-17-21-11-7-19(8-12-21)15-31-27/h15-26,41-42H,3,5,13-14,27-28H2,1-2,4,6-12H3;1-8,11-12,20,22H,9-10,13-18H2,(H,31,37)(H,32,38)(H,33,39)(H,34,40). The van der Waals surface area contributed by atoms with Gasteiger partial charge in [-0.3, -0.25) is 24.0 Å². The third-order valence-electron chi connectivity index (χ3n) is 18.0. The van der Waals surface area contributed by atoms with Crippen LogP contribution < -0.4 is 31.3 Å². The molecule has 2 unspecified atom stereocenters. The van der Waals surface area contributed by atoms with E-state index in [0.717, 1.165) is 93.0 Å². The molecule has 13 rings (SSSR count). The SMILES string of the molecule is C=C(C)C(=O)OC(CC)CN(c1ccc(C2=C([O-])C(=C3C=CC(=[N+](CC(CC)OC(=O)C(=C)C)c4c(C)cc(C)cc4C)C=C3)C2=O)cc1)c1c(C)cc(C)cc1C.O=C1NCc2ccc(cc2)CNC(=O)c2cccc(n2)C(=O)NCC2CCC(CC2)CNC(=O)c2cccc1n2. The summed E-state index contributed by atoms with van der Waals surface area (Å²) in [6.45, 7) is 29.5. The van der Waals surface area contributed by atoms with Crippen molar-refractivity contribution < 1.29 is 52.7 Å². The molecule has 98 heavy (non-hydrogen) atoms. The third-order valence-corrected chi connectivity index (χ3v) is 18.0. The average molecular weight is 1320 g/mol. The Morgan fingerprint density at radius 3 is 1.41 bits per heavy atom. The van der Waals surface area contributed by atoms with Gasteiger partial charge < -0.3 is 40.7 Å². The Morgan fingerprint density at radius 2 is 0.990 bits per heavy atom. The minimum Gasteiger partial charge on any atom is -0.871 e. The van der Waals surface area contributed by atoms with Gasteiger partial charge in [0.25, 0.3) is 23.6 Å². The van der Waals surface area contributed by atoms with Gasteiger partial charge in [0.2, 0.25) is 11.4 Å². The van der Waals surface area contributed by atoms with Gasteiger partial charge in [0.1, 0.15) is 28.9 Å². The maximum atomic E-state index is 13.8. The van der Waals surface area contributed by atoms with Crippen LogP contribution in [0.2, 0.25) is 0 Å². The van der Waals surface area contributed by atoms with E-state index >= 15 is 0 Å². The van der Waals surface area contributed by atoms with E-state index in [2.05, 4.69) is 120 Å². The van der Waals surface area contributed by atoms with Gasteiger partial charge in [-0.1, -0.05) is 105 Å². The van der Waals surface area contributed by atoms with Crippen LogP contribution in [0.4, 0.5) is 17.1 Å². The third kappa shape index (κ3) is 17.7. The van der Waals surface area contributed by atoms with Gasteiger partial charge in [-0.25, -0.2) is 19.6 Å². The van der Waals surface area contributed by atoms with Crippen molar-refractivity contribution in [3.63, 3.8) is 0 Å². The fraction of sp³-hybridized carbons (Fsp3) is 0.325. The Hall–Kier alpha value is -10.6. The zero-order valence-electron chi connectivity index (χ0n) is 57.8. The average Bonchev–Trinajstić information content (AvgIpc) is 0.746. The molecule has 3 aliphatic carbocycles. The van der Waals surface area contributed by atoms with Crippen molar-refractivity contribution in [2.24, 2.45) is 11.8 Å². The van der Waals surface area contributed by atoms with Gasteiger partial charge in [-0.05, 0) is 200 Å². The minimum atomic E-state index is -0.430. The molecular formula is C80H88N8O10. The predicted molar refractivity (Wildman–Crippen MR) is 379 cm³/mol. The molecule has 1 fully saturated rings. The van der Waals surface area contributed by atoms with Crippen LogP contribution in [-0.4, -0.2) is 100.0 Å². The fourth-order valence-corrected chi connectivity index (χ4v) is 12.8. The topological polar surface area (TPSA) is 241 Å². The number of nitrogens with one attached hydrogen (secondary N) is 4. The molecule has 8 bridgehead atoms. The minimum absolute atomic E-state index is 0.152. The summed E-state index contributed by atoms with van der Waals surface area (Å²) in [7, 11) is 0. The molecule has 6 aromatic rings. The second-order valence-electron chi connectivity index (χ2n) is 26.0. The molecule has 508 valence electrons. The van der Waals surface area contributed by atoms with Crippen molar-refractivity contribution in [2.45, 2.75) is 133 Å². The van der Waals surface area contributed by atoms with E-state index in [9.17, 15) is 38.7 Å². The number of aromatic nitrogens is 2. The molecule has 6 heterocycles. The highest BCUT2D eigenvalue weighted by molar-refractivity contribution is 6.39. The molecule has 2 aromatic heterocycles. The lowest BCUT2D eigenvalue weighted by Crippen LogP contribution is -2.35. The van der Waals surface area contributed by atoms with Crippen LogP contribution >= 0.6 is 0 Å². The van der Waals surface area contributed by atoms with E-state index in [4.69, 9.17) is 9.47 Å². The Balaban J connectivity index is 0.000000245. The Bertz CT molecular complexity index is 4110. The van der Waals surface area contributed by atoms with Crippen LogP contribution in [0.15, 0.2) is 175 Å². The molecule has 18 heteroatoms. The van der Waals surface area contributed by atoms with E-state index < -0.39 is 24.1 Å². The number of amides is 4. The number of pyridine rings is 2. The van der Waals surface area contributed by atoms with Crippen molar-refractivity contribution in [2.75, 3.05) is 31.1 Å². The number of nitrogens with zero attached hydrogens (tertiary/aromatic N) is 4. The van der Waals surface area contributed by atoms with E-state index in [1.807, 2.05) is 86.7 Å². The van der Waals surface area contributed by atoms with Gasteiger partial charge in [0, 0.05) is 83.1 Å². The van der Waals surface area contributed by atoms with Crippen molar-refractivity contribution >= 4 is 69.7 Å². The van der Waals surface area contributed by atoms with Gasteiger partial charge in [-0.2, -0.15) is 4.58 Å². The summed E-state index contributed by atoms with van der Waals surface area (Å²) < 4.78 is 13.8. The number of aryl methyl sites for hydroxylation is 6. The molecule has 0 saturated heterocycles. The number of allylic oxidation sites excluding steroid dienone is 7. The number of hydrogen-bond acceptors (Lipinski definition) is 13. The lowest BCUT2D eigenvalue weighted by Gasteiger charge is -2.33. The number of benzene rings is 4.